The van der Waals surface area contributed by atoms with E-state index in [1.54, 1.807) is 9.25 Å². The Morgan fingerprint density at radius 2 is 2.36 bits per heavy atom. The molecule has 0 spiro atoms. The molecule has 1 saturated heterocycles. The fourth-order valence-corrected chi connectivity index (χ4v) is 3.90. The number of nitrogens with one attached hydrogen (secondary N) is 1. The first-order chi connectivity index (χ1) is 10.6. The van der Waals surface area contributed by atoms with Gasteiger partial charge in [-0.25, -0.2) is 9.89 Å². The highest BCUT2D eigenvalue weighted by atomic mass is 35.5. The lowest BCUT2D eigenvalue weighted by Crippen LogP contribution is -2.24. The molecule has 22 heavy (non-hydrogen) atoms. The highest BCUT2D eigenvalue weighted by Crippen LogP contribution is 2.27. The average Bonchev–Trinajstić information content (AvgIpc) is 3.16. The second-order valence-corrected chi connectivity index (χ2v) is 6.62. The molecular weight excluding hydrogens is 326 g/mol. The number of aromatic nitrogens is 5. The standard InChI is InChI=1S/C13H18ClN5O2S/c1-8-10(11(14)18(2)17-8)7-22-13-16-15-12(20)19(13)6-9-4-3-5-21-9/h9H,3-7H2,1-2H3,(H,15,20)/t9-/m1/s1. The number of rotatable bonds is 5. The Labute approximate surface area is 137 Å². The van der Waals surface area contributed by atoms with Gasteiger partial charge in [0.1, 0.15) is 5.15 Å². The summed E-state index contributed by atoms with van der Waals surface area (Å²) in [6, 6.07) is 0. The van der Waals surface area contributed by atoms with Crippen molar-refractivity contribution in [2.24, 2.45) is 7.05 Å². The van der Waals surface area contributed by atoms with Crippen molar-refractivity contribution >= 4 is 23.4 Å². The van der Waals surface area contributed by atoms with E-state index in [1.807, 2.05) is 14.0 Å². The van der Waals surface area contributed by atoms with Crippen molar-refractivity contribution in [2.75, 3.05) is 6.61 Å². The number of H-pyrrole nitrogens is 1. The van der Waals surface area contributed by atoms with Gasteiger partial charge < -0.3 is 4.74 Å². The lowest BCUT2D eigenvalue weighted by Gasteiger charge is -2.10. The summed E-state index contributed by atoms with van der Waals surface area (Å²) < 4.78 is 8.88. The molecule has 7 nitrogen and oxygen atoms in total. The van der Waals surface area contributed by atoms with Crippen molar-refractivity contribution in [1.82, 2.24) is 24.5 Å². The molecular formula is C13H18ClN5O2S. The van der Waals surface area contributed by atoms with Crippen LogP contribution in [0, 0.1) is 6.92 Å². The Kier molecular flexibility index (Phi) is 4.60. The van der Waals surface area contributed by atoms with Gasteiger partial charge in [-0.1, -0.05) is 23.4 Å². The Morgan fingerprint density at radius 3 is 3.00 bits per heavy atom. The van der Waals surface area contributed by atoms with Crippen LogP contribution in [0.4, 0.5) is 0 Å². The van der Waals surface area contributed by atoms with Gasteiger partial charge >= 0.3 is 5.69 Å². The van der Waals surface area contributed by atoms with Crippen LogP contribution in [0.3, 0.4) is 0 Å². The maximum atomic E-state index is 11.9. The molecule has 0 bridgehead atoms. The first kappa shape index (κ1) is 15.6. The maximum Gasteiger partial charge on any atom is 0.344 e. The van der Waals surface area contributed by atoms with Crippen LogP contribution < -0.4 is 5.69 Å². The van der Waals surface area contributed by atoms with Crippen LogP contribution in [0.2, 0.25) is 5.15 Å². The topological polar surface area (TPSA) is 77.7 Å². The largest absolute Gasteiger partial charge is 0.376 e. The van der Waals surface area contributed by atoms with Gasteiger partial charge in [0.05, 0.1) is 18.3 Å². The first-order valence-corrected chi connectivity index (χ1v) is 8.50. The van der Waals surface area contributed by atoms with E-state index in [1.165, 1.54) is 11.8 Å². The Morgan fingerprint density at radius 1 is 1.55 bits per heavy atom. The van der Waals surface area contributed by atoms with Crippen molar-refractivity contribution in [2.45, 2.75) is 43.3 Å². The van der Waals surface area contributed by atoms with E-state index in [4.69, 9.17) is 16.3 Å². The number of hydrogen-bond donors (Lipinski definition) is 1. The molecule has 0 aliphatic carbocycles. The summed E-state index contributed by atoms with van der Waals surface area (Å²) >= 11 is 7.71. The zero-order valence-electron chi connectivity index (χ0n) is 12.5. The predicted octanol–water partition coefficient (Wildman–Crippen LogP) is 1.74. The van der Waals surface area contributed by atoms with Gasteiger partial charge in [0.25, 0.3) is 0 Å². The lowest BCUT2D eigenvalue weighted by molar-refractivity contribution is 0.0941. The van der Waals surface area contributed by atoms with Crippen LogP contribution in [-0.2, 0) is 24.1 Å². The zero-order valence-corrected chi connectivity index (χ0v) is 14.1. The third-order valence-electron chi connectivity index (χ3n) is 3.75. The molecule has 1 N–H and O–H groups in total. The van der Waals surface area contributed by atoms with Crippen LogP contribution in [0.15, 0.2) is 9.95 Å². The van der Waals surface area contributed by atoms with Crippen LogP contribution in [0.1, 0.15) is 24.1 Å². The number of hydrogen-bond acceptors (Lipinski definition) is 5. The quantitative estimate of drug-likeness (QED) is 0.837. The molecule has 0 unspecified atom stereocenters. The summed E-state index contributed by atoms with van der Waals surface area (Å²) in [4.78, 5) is 11.9. The number of aryl methyl sites for hydroxylation is 2. The van der Waals surface area contributed by atoms with Gasteiger partial charge in [0.2, 0.25) is 0 Å². The Hall–Kier alpha value is -1.25. The third kappa shape index (κ3) is 3.09. The minimum absolute atomic E-state index is 0.0957. The molecule has 120 valence electrons. The smallest absolute Gasteiger partial charge is 0.344 e. The molecule has 1 fully saturated rings. The van der Waals surface area contributed by atoms with Gasteiger partial charge in [-0.15, -0.1) is 5.10 Å². The Balaban J connectivity index is 1.74. The minimum atomic E-state index is -0.202. The third-order valence-corrected chi connectivity index (χ3v) is 5.22. The molecule has 2 aromatic heterocycles. The normalized spacial score (nSPS) is 18.2. The SMILES string of the molecule is Cc1nn(C)c(Cl)c1CSc1n[nH]c(=O)n1C[C@H]1CCCO1. The number of thioether (sulfide) groups is 1. The monoisotopic (exact) mass is 343 g/mol. The predicted molar refractivity (Wildman–Crippen MR) is 84.3 cm³/mol. The molecule has 3 rings (SSSR count). The molecule has 2 aromatic rings. The number of nitrogens with zero attached hydrogens (tertiary/aromatic N) is 4. The van der Waals surface area contributed by atoms with Gasteiger partial charge in [-0.2, -0.15) is 5.10 Å². The van der Waals surface area contributed by atoms with E-state index in [0.29, 0.717) is 22.6 Å². The van der Waals surface area contributed by atoms with E-state index in [0.717, 1.165) is 30.7 Å². The second kappa shape index (κ2) is 6.47. The summed E-state index contributed by atoms with van der Waals surface area (Å²) in [7, 11) is 1.81. The molecule has 1 aliphatic rings. The van der Waals surface area contributed by atoms with Crippen LogP contribution in [0.25, 0.3) is 0 Å². The van der Waals surface area contributed by atoms with Crippen LogP contribution in [0.5, 0.6) is 0 Å². The number of aromatic amines is 1. The van der Waals surface area contributed by atoms with Crippen LogP contribution in [-0.4, -0.2) is 37.3 Å². The summed E-state index contributed by atoms with van der Waals surface area (Å²) in [5, 5.41) is 12.2. The fourth-order valence-electron chi connectivity index (χ4n) is 2.54. The van der Waals surface area contributed by atoms with Gasteiger partial charge in [-0.05, 0) is 19.8 Å². The summed E-state index contributed by atoms with van der Waals surface area (Å²) in [6.07, 6.45) is 2.12. The van der Waals surface area contributed by atoms with E-state index in [9.17, 15) is 4.79 Å². The lowest BCUT2D eigenvalue weighted by atomic mass is 10.2. The van der Waals surface area contributed by atoms with E-state index in [-0.39, 0.29) is 11.8 Å². The fraction of sp³-hybridized carbons (Fsp3) is 0.615. The maximum absolute atomic E-state index is 11.9. The van der Waals surface area contributed by atoms with Crippen LogP contribution >= 0.6 is 23.4 Å². The summed E-state index contributed by atoms with van der Waals surface area (Å²) in [5.74, 6) is 0.619. The minimum Gasteiger partial charge on any atom is -0.376 e. The highest BCUT2D eigenvalue weighted by Gasteiger charge is 2.20. The van der Waals surface area contributed by atoms with Gasteiger partial charge in [0, 0.05) is 25.0 Å². The molecule has 3 heterocycles. The van der Waals surface area contributed by atoms with Crippen molar-refractivity contribution in [3.8, 4) is 0 Å². The number of halogens is 1. The van der Waals surface area contributed by atoms with Gasteiger partial charge in [0.15, 0.2) is 5.16 Å². The molecule has 0 radical (unpaired) electrons. The summed E-state index contributed by atoms with van der Waals surface area (Å²) in [6.45, 7) is 3.23. The van der Waals surface area contributed by atoms with E-state index >= 15 is 0 Å². The highest BCUT2D eigenvalue weighted by molar-refractivity contribution is 7.98. The number of ether oxygens (including phenoxy) is 1. The molecule has 9 heteroatoms. The molecule has 0 amide bonds. The average molecular weight is 344 g/mol. The zero-order chi connectivity index (χ0) is 15.7. The summed E-state index contributed by atoms with van der Waals surface area (Å²) in [5.41, 5.74) is 1.66. The molecule has 0 saturated carbocycles. The van der Waals surface area contributed by atoms with Crippen molar-refractivity contribution < 1.29 is 4.74 Å². The first-order valence-electron chi connectivity index (χ1n) is 7.14. The van der Waals surface area contributed by atoms with Crippen molar-refractivity contribution in [1.29, 1.82) is 0 Å². The second-order valence-electron chi connectivity index (χ2n) is 5.32. The van der Waals surface area contributed by atoms with Crippen molar-refractivity contribution in [3.63, 3.8) is 0 Å². The van der Waals surface area contributed by atoms with E-state index < -0.39 is 0 Å². The van der Waals surface area contributed by atoms with E-state index in [2.05, 4.69) is 15.3 Å². The molecule has 0 aromatic carbocycles. The van der Waals surface area contributed by atoms with Crippen molar-refractivity contribution in [3.05, 3.63) is 26.9 Å². The Bertz CT molecular complexity index is 717. The molecule has 1 atom stereocenters. The van der Waals surface area contributed by atoms with Gasteiger partial charge in [-0.3, -0.25) is 9.25 Å². The molecule has 1 aliphatic heterocycles.